The van der Waals surface area contributed by atoms with Crippen LogP contribution in [0.15, 0.2) is 77.2 Å². The summed E-state index contributed by atoms with van der Waals surface area (Å²) in [6, 6.07) is 21.1. The first-order valence-electron chi connectivity index (χ1n) is 12.3. The number of carbonyl (C=O) groups is 2. The number of nitrogens with one attached hydrogen (secondary N) is 1. The van der Waals surface area contributed by atoms with E-state index in [-0.39, 0.29) is 29.5 Å². The van der Waals surface area contributed by atoms with Gasteiger partial charge in [-0.05, 0) is 66.8 Å². The van der Waals surface area contributed by atoms with E-state index in [2.05, 4.69) is 10.3 Å². The number of aromatic nitrogens is 1. The van der Waals surface area contributed by atoms with Crippen molar-refractivity contribution < 1.29 is 18.4 Å². The van der Waals surface area contributed by atoms with Crippen LogP contribution in [0, 0.1) is 17.7 Å². The summed E-state index contributed by atoms with van der Waals surface area (Å²) >= 11 is 0. The van der Waals surface area contributed by atoms with Crippen molar-refractivity contribution in [1.29, 1.82) is 0 Å². The molecular formula is C29H28FN3O3. The molecule has 5 rings (SSSR count). The number of oxazole rings is 1. The van der Waals surface area contributed by atoms with Crippen molar-refractivity contribution in [2.24, 2.45) is 11.8 Å². The second kappa shape index (κ2) is 10.3. The zero-order chi connectivity index (χ0) is 25.1. The van der Waals surface area contributed by atoms with Crippen molar-refractivity contribution in [1.82, 2.24) is 15.2 Å². The predicted octanol–water partition coefficient (Wildman–Crippen LogP) is 5.44. The van der Waals surface area contributed by atoms with Crippen LogP contribution < -0.4 is 5.32 Å². The highest BCUT2D eigenvalue weighted by molar-refractivity contribution is 5.97. The third-order valence-electron chi connectivity index (χ3n) is 6.98. The summed E-state index contributed by atoms with van der Waals surface area (Å²) in [6.07, 6.45) is 1.53. The van der Waals surface area contributed by atoms with E-state index in [0.29, 0.717) is 42.2 Å². The highest BCUT2D eigenvalue weighted by atomic mass is 19.1. The lowest BCUT2D eigenvalue weighted by Gasteiger charge is -2.34. The average molecular weight is 486 g/mol. The largest absolute Gasteiger partial charge is 0.436 e. The van der Waals surface area contributed by atoms with Crippen LogP contribution in [0.3, 0.4) is 0 Å². The molecule has 1 saturated heterocycles. The first-order chi connectivity index (χ1) is 17.5. The monoisotopic (exact) mass is 485 g/mol. The molecule has 0 spiro atoms. The Bertz CT molecular complexity index is 1360. The number of piperidine rings is 1. The highest BCUT2D eigenvalue weighted by Crippen LogP contribution is 2.28. The number of fused-ring (bicyclic) bond motifs is 1. The Morgan fingerprint density at radius 2 is 1.78 bits per heavy atom. The Balaban J connectivity index is 1.17. The third-order valence-corrected chi connectivity index (χ3v) is 6.98. The molecule has 184 valence electrons. The number of rotatable bonds is 6. The summed E-state index contributed by atoms with van der Waals surface area (Å²) in [5, 5.41) is 2.95. The molecule has 7 heteroatoms. The van der Waals surface area contributed by atoms with Crippen LogP contribution in [0.1, 0.15) is 35.7 Å². The van der Waals surface area contributed by atoms with Crippen molar-refractivity contribution in [3.63, 3.8) is 0 Å². The Hall–Kier alpha value is -4.00. The molecule has 1 fully saturated rings. The van der Waals surface area contributed by atoms with Gasteiger partial charge in [0.2, 0.25) is 11.8 Å². The van der Waals surface area contributed by atoms with E-state index in [1.54, 1.807) is 30.3 Å². The SMILES string of the molecule is CC(C(=O)NCc1ccc(F)cc1)C1CCN(C(=O)c2ccc3oc(-c4ccccc4)nc3c2)CC1. The van der Waals surface area contributed by atoms with E-state index in [0.717, 1.165) is 24.0 Å². The standard InChI is InChI=1S/C29H28FN3O3/c1-19(27(34)31-18-20-7-10-24(30)11-8-20)21-13-15-33(16-14-21)29(35)23-9-12-26-25(17-23)32-28(36-26)22-5-3-2-4-6-22/h2-12,17,19,21H,13-16,18H2,1H3,(H,31,34). The van der Waals surface area contributed by atoms with E-state index in [9.17, 15) is 14.0 Å². The molecule has 1 aliphatic heterocycles. The number of hydrogen-bond donors (Lipinski definition) is 1. The number of amides is 2. The Kier molecular flexibility index (Phi) is 6.80. The first kappa shape index (κ1) is 23.7. The van der Waals surface area contributed by atoms with Crippen LogP contribution >= 0.6 is 0 Å². The van der Waals surface area contributed by atoms with Crippen LogP contribution in [0.4, 0.5) is 4.39 Å². The Labute approximate surface area is 209 Å². The van der Waals surface area contributed by atoms with Crippen LogP contribution in [0.25, 0.3) is 22.6 Å². The summed E-state index contributed by atoms with van der Waals surface area (Å²) in [4.78, 5) is 32.3. The first-order valence-corrected chi connectivity index (χ1v) is 12.3. The van der Waals surface area contributed by atoms with Crippen LogP contribution in [0.5, 0.6) is 0 Å². The fourth-order valence-corrected chi connectivity index (χ4v) is 4.72. The van der Waals surface area contributed by atoms with Gasteiger partial charge in [-0.1, -0.05) is 37.3 Å². The smallest absolute Gasteiger partial charge is 0.253 e. The molecule has 4 aromatic rings. The van der Waals surface area contributed by atoms with Gasteiger partial charge < -0.3 is 14.6 Å². The number of likely N-dealkylation sites (tertiary alicyclic amines) is 1. The Morgan fingerprint density at radius 1 is 1.06 bits per heavy atom. The van der Waals surface area contributed by atoms with E-state index < -0.39 is 0 Å². The van der Waals surface area contributed by atoms with Gasteiger partial charge in [-0.2, -0.15) is 0 Å². The minimum Gasteiger partial charge on any atom is -0.436 e. The van der Waals surface area contributed by atoms with Crippen LogP contribution in [0.2, 0.25) is 0 Å². The normalized spacial score (nSPS) is 15.1. The van der Waals surface area contributed by atoms with Gasteiger partial charge in [-0.25, -0.2) is 9.37 Å². The van der Waals surface area contributed by atoms with Crippen molar-refractivity contribution in [3.8, 4) is 11.5 Å². The number of benzene rings is 3. The molecule has 1 N–H and O–H groups in total. The summed E-state index contributed by atoms with van der Waals surface area (Å²) in [6.45, 7) is 3.51. The Morgan fingerprint density at radius 3 is 2.50 bits per heavy atom. The fraction of sp³-hybridized carbons (Fsp3) is 0.276. The maximum Gasteiger partial charge on any atom is 0.253 e. The molecule has 0 radical (unpaired) electrons. The quantitative estimate of drug-likeness (QED) is 0.395. The summed E-state index contributed by atoms with van der Waals surface area (Å²) < 4.78 is 18.9. The third kappa shape index (κ3) is 5.15. The van der Waals surface area contributed by atoms with E-state index in [1.165, 1.54) is 12.1 Å². The zero-order valence-corrected chi connectivity index (χ0v) is 20.1. The molecule has 0 bridgehead atoms. The van der Waals surface area contributed by atoms with Crippen molar-refractivity contribution in [2.45, 2.75) is 26.3 Å². The number of nitrogens with zero attached hydrogens (tertiary/aromatic N) is 2. The topological polar surface area (TPSA) is 75.4 Å². The summed E-state index contributed by atoms with van der Waals surface area (Å²) in [5.74, 6) is 0.225. The average Bonchev–Trinajstić information content (AvgIpc) is 3.36. The maximum atomic E-state index is 13.2. The molecule has 2 amide bonds. The van der Waals surface area contributed by atoms with E-state index >= 15 is 0 Å². The van der Waals surface area contributed by atoms with Gasteiger partial charge in [0, 0.05) is 36.7 Å². The van der Waals surface area contributed by atoms with Crippen molar-refractivity contribution in [3.05, 3.63) is 89.7 Å². The minimum atomic E-state index is -0.294. The number of hydrogen-bond acceptors (Lipinski definition) is 4. The van der Waals surface area contributed by atoms with E-state index in [4.69, 9.17) is 4.42 Å². The molecule has 0 saturated carbocycles. The van der Waals surface area contributed by atoms with E-state index in [1.807, 2.05) is 42.2 Å². The second-order valence-electron chi connectivity index (χ2n) is 9.33. The van der Waals surface area contributed by atoms with Crippen molar-refractivity contribution >= 4 is 22.9 Å². The molecular weight excluding hydrogens is 457 g/mol. The zero-order valence-electron chi connectivity index (χ0n) is 20.1. The second-order valence-corrected chi connectivity index (χ2v) is 9.33. The molecule has 3 aromatic carbocycles. The lowest BCUT2D eigenvalue weighted by atomic mass is 9.84. The molecule has 6 nitrogen and oxygen atoms in total. The molecule has 1 atom stereocenters. The highest BCUT2D eigenvalue weighted by Gasteiger charge is 2.30. The number of carbonyl (C=O) groups excluding carboxylic acids is 2. The molecule has 1 aromatic heterocycles. The molecule has 0 aliphatic carbocycles. The van der Waals surface area contributed by atoms with Gasteiger partial charge in [0.25, 0.3) is 5.91 Å². The van der Waals surface area contributed by atoms with Gasteiger partial charge in [-0.3, -0.25) is 9.59 Å². The summed E-state index contributed by atoms with van der Waals surface area (Å²) in [7, 11) is 0. The van der Waals surface area contributed by atoms with Crippen molar-refractivity contribution in [2.75, 3.05) is 13.1 Å². The molecule has 36 heavy (non-hydrogen) atoms. The van der Waals surface area contributed by atoms with Gasteiger partial charge in [0.15, 0.2) is 5.58 Å². The molecule has 1 unspecified atom stereocenters. The maximum absolute atomic E-state index is 13.2. The van der Waals surface area contributed by atoms with Gasteiger partial charge in [0.05, 0.1) is 0 Å². The molecule has 2 heterocycles. The van der Waals surface area contributed by atoms with Crippen LogP contribution in [-0.4, -0.2) is 34.8 Å². The predicted molar refractivity (Wildman–Crippen MR) is 135 cm³/mol. The lowest BCUT2D eigenvalue weighted by molar-refractivity contribution is -0.126. The van der Waals surface area contributed by atoms with Gasteiger partial charge in [0.1, 0.15) is 11.3 Å². The lowest BCUT2D eigenvalue weighted by Crippen LogP contribution is -2.42. The fourth-order valence-electron chi connectivity index (χ4n) is 4.72. The van der Waals surface area contributed by atoms with Gasteiger partial charge in [-0.15, -0.1) is 0 Å². The summed E-state index contributed by atoms with van der Waals surface area (Å²) in [5.41, 5.74) is 3.63. The molecule has 1 aliphatic rings. The number of halogens is 1. The van der Waals surface area contributed by atoms with Crippen LogP contribution in [-0.2, 0) is 11.3 Å². The minimum absolute atomic E-state index is 0.0187. The van der Waals surface area contributed by atoms with Gasteiger partial charge >= 0.3 is 0 Å².